The number of aromatic nitrogens is 5. The van der Waals surface area contributed by atoms with Crippen molar-refractivity contribution < 1.29 is 4.42 Å². The first-order valence-electron chi connectivity index (χ1n) is 8.72. The Balaban J connectivity index is 1.82. The van der Waals surface area contributed by atoms with Crippen LogP contribution in [0.5, 0.6) is 0 Å². The standard InChI is InChI=1S/C20H18ClN5OS/c1-12-8-9-13(2)17(10-12)26-19(15-6-4-5-7-16(15)21)24-25-20(26)28-11-18-23-22-14(3)27-18/h4-10H,11H2,1-3H3. The van der Waals surface area contributed by atoms with E-state index in [4.69, 9.17) is 16.0 Å². The minimum Gasteiger partial charge on any atom is -0.425 e. The van der Waals surface area contributed by atoms with Crippen LogP contribution >= 0.6 is 23.4 Å². The fourth-order valence-corrected chi connectivity index (χ4v) is 3.88. The smallest absolute Gasteiger partial charge is 0.226 e. The van der Waals surface area contributed by atoms with Crippen molar-refractivity contribution in [1.82, 2.24) is 25.0 Å². The first kappa shape index (κ1) is 18.7. The second-order valence-electron chi connectivity index (χ2n) is 6.41. The number of halogens is 1. The highest BCUT2D eigenvalue weighted by Crippen LogP contribution is 2.34. The summed E-state index contributed by atoms with van der Waals surface area (Å²) in [6.07, 6.45) is 0. The minimum absolute atomic E-state index is 0.506. The largest absolute Gasteiger partial charge is 0.425 e. The van der Waals surface area contributed by atoms with E-state index in [9.17, 15) is 0 Å². The summed E-state index contributed by atoms with van der Waals surface area (Å²) >= 11 is 7.95. The highest BCUT2D eigenvalue weighted by Gasteiger charge is 2.20. The van der Waals surface area contributed by atoms with Gasteiger partial charge in [-0.05, 0) is 43.2 Å². The zero-order valence-electron chi connectivity index (χ0n) is 15.7. The molecule has 0 aliphatic rings. The molecule has 0 saturated carbocycles. The molecule has 0 fully saturated rings. The molecule has 6 nitrogen and oxygen atoms in total. The first-order chi connectivity index (χ1) is 13.5. The molecule has 0 N–H and O–H groups in total. The lowest BCUT2D eigenvalue weighted by Crippen LogP contribution is -2.03. The molecule has 0 saturated heterocycles. The van der Waals surface area contributed by atoms with Gasteiger partial charge in [0.1, 0.15) is 0 Å². The SMILES string of the molecule is Cc1ccc(C)c(-n2c(SCc3nnc(C)o3)nnc2-c2ccccc2Cl)c1. The van der Waals surface area contributed by atoms with Gasteiger partial charge in [-0.15, -0.1) is 20.4 Å². The van der Waals surface area contributed by atoms with Crippen molar-refractivity contribution in [1.29, 1.82) is 0 Å². The summed E-state index contributed by atoms with van der Waals surface area (Å²) in [5.41, 5.74) is 4.12. The van der Waals surface area contributed by atoms with E-state index in [-0.39, 0.29) is 0 Å². The van der Waals surface area contributed by atoms with Crippen molar-refractivity contribution >= 4 is 23.4 Å². The molecule has 0 atom stereocenters. The van der Waals surface area contributed by atoms with Crippen molar-refractivity contribution in [3.8, 4) is 17.1 Å². The molecule has 8 heteroatoms. The number of benzene rings is 2. The van der Waals surface area contributed by atoms with E-state index in [1.807, 2.05) is 28.8 Å². The summed E-state index contributed by atoms with van der Waals surface area (Å²) < 4.78 is 7.52. The topological polar surface area (TPSA) is 69.6 Å². The van der Waals surface area contributed by atoms with E-state index >= 15 is 0 Å². The van der Waals surface area contributed by atoms with Crippen LogP contribution in [0.25, 0.3) is 17.1 Å². The zero-order chi connectivity index (χ0) is 19.7. The number of hydrogen-bond donors (Lipinski definition) is 0. The van der Waals surface area contributed by atoms with Crippen molar-refractivity contribution in [2.45, 2.75) is 31.7 Å². The third kappa shape index (κ3) is 3.68. The second kappa shape index (κ2) is 7.77. The van der Waals surface area contributed by atoms with Crippen LogP contribution in [0.4, 0.5) is 0 Å². The van der Waals surface area contributed by atoms with E-state index in [1.165, 1.54) is 11.8 Å². The Labute approximate surface area is 172 Å². The normalized spacial score (nSPS) is 11.1. The number of thioether (sulfide) groups is 1. The van der Waals surface area contributed by atoms with Gasteiger partial charge in [-0.3, -0.25) is 4.57 Å². The van der Waals surface area contributed by atoms with Gasteiger partial charge >= 0.3 is 0 Å². The van der Waals surface area contributed by atoms with Gasteiger partial charge in [0.05, 0.1) is 16.5 Å². The molecule has 2 aromatic heterocycles. The highest BCUT2D eigenvalue weighted by molar-refractivity contribution is 7.98. The maximum atomic E-state index is 6.45. The quantitative estimate of drug-likeness (QED) is 0.421. The summed E-state index contributed by atoms with van der Waals surface area (Å²) in [5, 5.41) is 18.2. The summed E-state index contributed by atoms with van der Waals surface area (Å²) in [6.45, 7) is 5.91. The summed E-state index contributed by atoms with van der Waals surface area (Å²) in [5.74, 6) is 2.30. The molecule has 142 valence electrons. The van der Waals surface area contributed by atoms with E-state index < -0.39 is 0 Å². The molecule has 0 aliphatic carbocycles. The van der Waals surface area contributed by atoms with Crippen molar-refractivity contribution in [3.63, 3.8) is 0 Å². The number of rotatable bonds is 5. The van der Waals surface area contributed by atoms with Gasteiger partial charge in [-0.2, -0.15) is 0 Å². The molecular formula is C20H18ClN5OS. The fraction of sp³-hybridized carbons (Fsp3) is 0.200. The monoisotopic (exact) mass is 411 g/mol. The Hall–Kier alpha value is -2.64. The van der Waals surface area contributed by atoms with Crippen LogP contribution in [0, 0.1) is 20.8 Å². The van der Waals surface area contributed by atoms with Gasteiger partial charge in [0.15, 0.2) is 11.0 Å². The van der Waals surface area contributed by atoms with Gasteiger partial charge in [0, 0.05) is 12.5 Å². The summed E-state index contributed by atoms with van der Waals surface area (Å²) in [7, 11) is 0. The van der Waals surface area contributed by atoms with E-state index in [0.29, 0.717) is 28.4 Å². The number of hydrogen-bond acceptors (Lipinski definition) is 6. The van der Waals surface area contributed by atoms with Crippen LogP contribution in [0.2, 0.25) is 5.02 Å². The third-order valence-electron chi connectivity index (χ3n) is 4.25. The van der Waals surface area contributed by atoms with Crippen molar-refractivity contribution in [3.05, 3.63) is 70.4 Å². The molecule has 0 amide bonds. The minimum atomic E-state index is 0.506. The van der Waals surface area contributed by atoms with Crippen molar-refractivity contribution in [2.75, 3.05) is 0 Å². The molecule has 0 radical (unpaired) electrons. The Morgan fingerprint density at radius 1 is 1.00 bits per heavy atom. The van der Waals surface area contributed by atoms with E-state index in [1.54, 1.807) is 6.92 Å². The highest BCUT2D eigenvalue weighted by atomic mass is 35.5. The average molecular weight is 412 g/mol. The Morgan fingerprint density at radius 3 is 2.57 bits per heavy atom. The van der Waals surface area contributed by atoms with Crippen molar-refractivity contribution in [2.24, 2.45) is 0 Å². The molecule has 0 aliphatic heterocycles. The summed E-state index contributed by atoms with van der Waals surface area (Å²) in [4.78, 5) is 0. The van der Waals surface area contributed by atoms with E-state index in [0.717, 1.165) is 27.5 Å². The van der Waals surface area contributed by atoms with Crippen LogP contribution in [0.3, 0.4) is 0 Å². The lowest BCUT2D eigenvalue weighted by Gasteiger charge is -2.14. The lowest BCUT2D eigenvalue weighted by atomic mass is 10.1. The van der Waals surface area contributed by atoms with Gasteiger partial charge in [0.2, 0.25) is 11.8 Å². The molecule has 4 rings (SSSR count). The molecule has 28 heavy (non-hydrogen) atoms. The van der Waals surface area contributed by atoms with Gasteiger partial charge in [-0.1, -0.05) is 47.6 Å². The van der Waals surface area contributed by atoms with Crippen LogP contribution in [-0.2, 0) is 5.75 Å². The maximum absolute atomic E-state index is 6.45. The second-order valence-corrected chi connectivity index (χ2v) is 7.76. The predicted octanol–water partition coefficient (Wildman–Crippen LogP) is 5.19. The van der Waals surface area contributed by atoms with Gasteiger partial charge < -0.3 is 4.42 Å². The molecule has 2 heterocycles. The number of nitrogens with zero attached hydrogens (tertiary/aromatic N) is 5. The molecule has 0 unspecified atom stereocenters. The number of aryl methyl sites for hydroxylation is 3. The van der Waals surface area contributed by atoms with Crippen LogP contribution < -0.4 is 0 Å². The van der Waals surface area contributed by atoms with Crippen LogP contribution in [0.15, 0.2) is 52.0 Å². The van der Waals surface area contributed by atoms with E-state index in [2.05, 4.69) is 52.4 Å². The molecule has 0 spiro atoms. The molecule has 4 aromatic rings. The average Bonchev–Trinajstić information content (AvgIpc) is 3.28. The van der Waals surface area contributed by atoms with Crippen LogP contribution in [-0.4, -0.2) is 25.0 Å². The van der Waals surface area contributed by atoms with Crippen LogP contribution in [0.1, 0.15) is 22.9 Å². The fourth-order valence-electron chi connectivity index (χ4n) is 2.88. The lowest BCUT2D eigenvalue weighted by molar-refractivity contribution is 0.485. The third-order valence-corrected chi connectivity index (χ3v) is 5.49. The maximum Gasteiger partial charge on any atom is 0.226 e. The Morgan fingerprint density at radius 2 is 1.82 bits per heavy atom. The first-order valence-corrected chi connectivity index (χ1v) is 10.1. The molecule has 2 aromatic carbocycles. The molecular weight excluding hydrogens is 394 g/mol. The molecule has 0 bridgehead atoms. The van der Waals surface area contributed by atoms with Gasteiger partial charge in [0.25, 0.3) is 0 Å². The Kier molecular flexibility index (Phi) is 5.19. The van der Waals surface area contributed by atoms with Gasteiger partial charge in [-0.25, -0.2) is 0 Å². The zero-order valence-corrected chi connectivity index (χ0v) is 17.3. The summed E-state index contributed by atoms with van der Waals surface area (Å²) in [6, 6.07) is 14.0. The predicted molar refractivity (Wildman–Crippen MR) is 110 cm³/mol. The Bertz CT molecular complexity index is 1140.